The van der Waals surface area contributed by atoms with Crippen LogP contribution < -0.4 is 0 Å². The topological polar surface area (TPSA) is 17.1 Å². The maximum Gasteiger partial charge on any atom is 0.158 e. The van der Waals surface area contributed by atoms with Crippen LogP contribution >= 0.6 is 11.6 Å². The summed E-state index contributed by atoms with van der Waals surface area (Å²) in [4.78, 5) is 11.1. The Morgan fingerprint density at radius 2 is 2.27 bits per heavy atom. The van der Waals surface area contributed by atoms with Crippen LogP contribution in [0.3, 0.4) is 0 Å². The van der Waals surface area contributed by atoms with Gasteiger partial charge in [-0.2, -0.15) is 0 Å². The van der Waals surface area contributed by atoms with E-state index in [0.29, 0.717) is 11.7 Å². The third-order valence-corrected chi connectivity index (χ3v) is 2.22. The number of halogens is 1. The third-order valence-electron chi connectivity index (χ3n) is 1.95. The molecule has 1 aliphatic rings. The quantitative estimate of drug-likeness (QED) is 0.471. The Balaban J connectivity index is 2.20. The Bertz CT molecular complexity index is 172. The first kappa shape index (κ1) is 8.79. The second-order valence-electron chi connectivity index (χ2n) is 2.84. The SMILES string of the molecule is O=C1CCC=C1CCCCCl. The van der Waals surface area contributed by atoms with E-state index < -0.39 is 0 Å². The first-order valence-corrected chi connectivity index (χ1v) is 4.66. The van der Waals surface area contributed by atoms with Crippen LogP contribution in [-0.2, 0) is 4.79 Å². The predicted molar refractivity (Wildman–Crippen MR) is 46.9 cm³/mol. The molecule has 1 aliphatic carbocycles. The summed E-state index contributed by atoms with van der Waals surface area (Å²) < 4.78 is 0. The Morgan fingerprint density at radius 3 is 2.82 bits per heavy atom. The van der Waals surface area contributed by atoms with E-state index in [1.807, 2.05) is 0 Å². The smallest absolute Gasteiger partial charge is 0.158 e. The van der Waals surface area contributed by atoms with E-state index >= 15 is 0 Å². The molecular weight excluding hydrogens is 160 g/mol. The number of alkyl halides is 1. The van der Waals surface area contributed by atoms with Crippen LogP contribution in [0.1, 0.15) is 32.1 Å². The number of hydrogen-bond acceptors (Lipinski definition) is 1. The van der Waals surface area contributed by atoms with Gasteiger partial charge >= 0.3 is 0 Å². The van der Waals surface area contributed by atoms with E-state index in [2.05, 4.69) is 6.08 Å². The van der Waals surface area contributed by atoms with E-state index in [9.17, 15) is 4.79 Å². The molecular formula is C9H13ClO. The standard InChI is InChI=1S/C9H13ClO/c10-7-2-1-4-8-5-3-6-9(8)11/h5H,1-4,6-7H2. The van der Waals surface area contributed by atoms with E-state index in [1.54, 1.807) is 0 Å². The molecule has 0 saturated heterocycles. The van der Waals surface area contributed by atoms with Crippen LogP contribution in [0.2, 0.25) is 0 Å². The predicted octanol–water partition coefficient (Wildman–Crippen LogP) is 2.68. The molecule has 0 fully saturated rings. The van der Waals surface area contributed by atoms with Crippen molar-refractivity contribution in [2.75, 3.05) is 5.88 Å². The number of unbranched alkanes of at least 4 members (excludes halogenated alkanes) is 1. The van der Waals surface area contributed by atoms with Gasteiger partial charge in [0.2, 0.25) is 0 Å². The lowest BCUT2D eigenvalue weighted by atomic mass is 10.1. The number of carbonyl (C=O) groups excluding carboxylic acids is 1. The number of hydrogen-bond donors (Lipinski definition) is 0. The summed E-state index contributed by atoms with van der Waals surface area (Å²) in [5, 5.41) is 0. The van der Waals surface area contributed by atoms with Crippen molar-refractivity contribution in [3.8, 4) is 0 Å². The van der Waals surface area contributed by atoms with Crippen molar-refractivity contribution < 1.29 is 4.79 Å². The lowest BCUT2D eigenvalue weighted by molar-refractivity contribution is -0.115. The van der Waals surface area contributed by atoms with Crippen LogP contribution in [0, 0.1) is 0 Å². The highest BCUT2D eigenvalue weighted by molar-refractivity contribution is 6.17. The van der Waals surface area contributed by atoms with E-state index in [1.165, 1.54) is 0 Å². The first-order chi connectivity index (χ1) is 5.34. The van der Waals surface area contributed by atoms with Gasteiger partial charge in [-0.05, 0) is 31.3 Å². The van der Waals surface area contributed by atoms with Crippen molar-refractivity contribution >= 4 is 17.4 Å². The molecule has 0 amide bonds. The highest BCUT2D eigenvalue weighted by Crippen LogP contribution is 2.19. The van der Waals surface area contributed by atoms with Gasteiger partial charge in [-0.15, -0.1) is 11.6 Å². The van der Waals surface area contributed by atoms with Gasteiger partial charge < -0.3 is 0 Å². The van der Waals surface area contributed by atoms with Gasteiger partial charge in [0.15, 0.2) is 5.78 Å². The van der Waals surface area contributed by atoms with Gasteiger partial charge in [0.1, 0.15) is 0 Å². The van der Waals surface area contributed by atoms with E-state index in [-0.39, 0.29) is 0 Å². The van der Waals surface area contributed by atoms with Gasteiger partial charge in [0.25, 0.3) is 0 Å². The maximum absolute atomic E-state index is 11.1. The van der Waals surface area contributed by atoms with Crippen molar-refractivity contribution in [1.82, 2.24) is 0 Å². The second-order valence-corrected chi connectivity index (χ2v) is 3.22. The molecule has 0 spiro atoms. The van der Waals surface area contributed by atoms with Crippen LogP contribution in [-0.4, -0.2) is 11.7 Å². The minimum atomic E-state index is 0.347. The van der Waals surface area contributed by atoms with Gasteiger partial charge in [0.05, 0.1) is 0 Å². The fraction of sp³-hybridized carbons (Fsp3) is 0.667. The van der Waals surface area contributed by atoms with E-state index in [0.717, 1.165) is 37.7 Å². The molecule has 1 nitrogen and oxygen atoms in total. The maximum atomic E-state index is 11.1. The van der Waals surface area contributed by atoms with Crippen molar-refractivity contribution in [3.05, 3.63) is 11.6 Å². The fourth-order valence-electron chi connectivity index (χ4n) is 1.30. The van der Waals surface area contributed by atoms with Crippen LogP contribution in [0.4, 0.5) is 0 Å². The van der Waals surface area contributed by atoms with Crippen LogP contribution in [0.5, 0.6) is 0 Å². The first-order valence-electron chi connectivity index (χ1n) is 4.13. The molecule has 0 aromatic heterocycles. The zero-order chi connectivity index (χ0) is 8.10. The van der Waals surface area contributed by atoms with Gasteiger partial charge in [-0.25, -0.2) is 0 Å². The van der Waals surface area contributed by atoms with Crippen molar-refractivity contribution in [2.45, 2.75) is 32.1 Å². The molecule has 0 bridgehead atoms. The van der Waals surface area contributed by atoms with E-state index in [4.69, 9.17) is 11.6 Å². The lowest BCUT2D eigenvalue weighted by Crippen LogP contribution is -1.95. The van der Waals surface area contributed by atoms with Gasteiger partial charge in [0, 0.05) is 12.3 Å². The zero-order valence-corrected chi connectivity index (χ0v) is 7.36. The molecule has 0 saturated carbocycles. The Kier molecular flexibility index (Phi) is 3.64. The summed E-state index contributed by atoms with van der Waals surface area (Å²) >= 11 is 5.52. The highest BCUT2D eigenvalue weighted by atomic mass is 35.5. The monoisotopic (exact) mass is 172 g/mol. The summed E-state index contributed by atoms with van der Waals surface area (Å²) in [6.07, 6.45) is 6.76. The van der Waals surface area contributed by atoms with Crippen molar-refractivity contribution in [1.29, 1.82) is 0 Å². The van der Waals surface area contributed by atoms with Crippen LogP contribution in [0.15, 0.2) is 11.6 Å². The third kappa shape index (κ3) is 2.66. The number of rotatable bonds is 4. The zero-order valence-electron chi connectivity index (χ0n) is 6.61. The molecule has 0 aromatic carbocycles. The summed E-state index contributed by atoms with van der Waals surface area (Å²) in [5.41, 5.74) is 1.04. The molecule has 2 heteroatoms. The second kappa shape index (κ2) is 4.55. The van der Waals surface area contributed by atoms with Crippen molar-refractivity contribution in [3.63, 3.8) is 0 Å². The molecule has 1 rings (SSSR count). The average molecular weight is 173 g/mol. The number of allylic oxidation sites excluding steroid dienone is 2. The summed E-state index contributed by atoms with van der Waals surface area (Å²) in [6, 6.07) is 0. The molecule has 0 unspecified atom stereocenters. The Morgan fingerprint density at radius 1 is 1.45 bits per heavy atom. The molecule has 0 N–H and O–H groups in total. The summed E-state index contributed by atoms with van der Waals surface area (Å²) in [5.74, 6) is 1.06. The Labute approximate surface area is 72.4 Å². The largest absolute Gasteiger partial charge is 0.295 e. The van der Waals surface area contributed by atoms with Crippen molar-refractivity contribution in [2.24, 2.45) is 0 Å². The molecule has 0 atom stereocenters. The number of ketones is 1. The highest BCUT2D eigenvalue weighted by Gasteiger charge is 2.13. The minimum Gasteiger partial charge on any atom is -0.295 e. The molecule has 0 heterocycles. The summed E-state index contributed by atoms with van der Waals surface area (Å²) in [7, 11) is 0. The Hall–Kier alpha value is -0.300. The van der Waals surface area contributed by atoms with Gasteiger partial charge in [-0.1, -0.05) is 6.08 Å². The van der Waals surface area contributed by atoms with Crippen LogP contribution in [0.25, 0.3) is 0 Å². The molecule has 0 aliphatic heterocycles. The fourth-order valence-corrected chi connectivity index (χ4v) is 1.49. The summed E-state index contributed by atoms with van der Waals surface area (Å²) in [6.45, 7) is 0. The molecule has 62 valence electrons. The molecule has 0 radical (unpaired) electrons. The lowest BCUT2D eigenvalue weighted by Gasteiger charge is -1.97. The number of carbonyl (C=O) groups is 1. The number of Topliss-reactive ketones (excluding diaryl/α,β-unsaturated/α-hetero) is 1. The van der Waals surface area contributed by atoms with Gasteiger partial charge in [-0.3, -0.25) is 4.79 Å². The molecule has 0 aromatic rings. The average Bonchev–Trinajstić information content (AvgIpc) is 2.37. The normalized spacial score (nSPS) is 17.2. The molecule has 11 heavy (non-hydrogen) atoms. The minimum absolute atomic E-state index is 0.347.